The molecule has 178 valence electrons. The minimum Gasteiger partial charge on any atom is -0.454 e. The summed E-state index contributed by atoms with van der Waals surface area (Å²) in [6.45, 7) is 6.09. The maximum Gasteiger partial charge on any atom is 0.283 e. The van der Waals surface area contributed by atoms with Crippen molar-refractivity contribution in [3.63, 3.8) is 0 Å². The van der Waals surface area contributed by atoms with Gasteiger partial charge in [-0.1, -0.05) is 35.5 Å². The molecule has 0 bridgehead atoms. The van der Waals surface area contributed by atoms with Crippen LogP contribution in [0.3, 0.4) is 0 Å². The molecule has 1 amide bonds. The summed E-state index contributed by atoms with van der Waals surface area (Å²) in [7, 11) is 1.95. The van der Waals surface area contributed by atoms with Crippen LogP contribution in [-0.4, -0.2) is 34.0 Å². The average Bonchev–Trinajstić information content (AvgIpc) is 3.51. The van der Waals surface area contributed by atoms with Crippen molar-refractivity contribution < 1.29 is 19.1 Å². The zero-order valence-electron chi connectivity index (χ0n) is 20.0. The number of aryl methyl sites for hydroxylation is 2. The van der Waals surface area contributed by atoms with E-state index in [2.05, 4.69) is 4.99 Å². The molecular formula is C27H25N3O4S. The Balaban J connectivity index is 1.45. The summed E-state index contributed by atoms with van der Waals surface area (Å²) < 4.78 is 12.8. The fraction of sp³-hybridized carbons (Fsp3) is 0.222. The van der Waals surface area contributed by atoms with E-state index in [4.69, 9.17) is 9.47 Å². The quantitative estimate of drug-likeness (QED) is 0.372. The molecule has 0 spiro atoms. The van der Waals surface area contributed by atoms with Crippen LogP contribution >= 0.6 is 11.8 Å². The number of thioether (sulfide) groups is 1. The van der Waals surface area contributed by atoms with Crippen molar-refractivity contribution in [1.82, 2.24) is 4.57 Å². The first-order chi connectivity index (χ1) is 16.8. The van der Waals surface area contributed by atoms with Gasteiger partial charge < -0.3 is 14.0 Å². The Morgan fingerprint density at radius 1 is 1.06 bits per heavy atom. The molecular weight excluding hydrogens is 462 g/mol. The third-order valence-corrected chi connectivity index (χ3v) is 7.17. The van der Waals surface area contributed by atoms with Gasteiger partial charge in [0.15, 0.2) is 22.4 Å². The number of carbonyl (C=O) groups is 2. The molecule has 8 heteroatoms. The van der Waals surface area contributed by atoms with Gasteiger partial charge in [0.2, 0.25) is 6.79 Å². The second kappa shape index (κ2) is 9.11. The lowest BCUT2D eigenvalue weighted by atomic mass is 10.1. The molecule has 2 aromatic carbocycles. The van der Waals surface area contributed by atoms with E-state index in [0.717, 1.165) is 22.5 Å². The second-order valence-corrected chi connectivity index (χ2v) is 9.51. The molecule has 0 atom stereocenters. The van der Waals surface area contributed by atoms with Gasteiger partial charge in [-0.25, -0.2) is 4.99 Å². The fourth-order valence-corrected chi connectivity index (χ4v) is 4.92. The number of fused-ring (bicyclic) bond motifs is 1. The molecule has 0 fully saturated rings. The van der Waals surface area contributed by atoms with Crippen molar-refractivity contribution in [3.8, 4) is 11.5 Å². The molecule has 0 N–H and O–H groups in total. The number of benzene rings is 2. The van der Waals surface area contributed by atoms with E-state index in [1.165, 1.54) is 11.8 Å². The van der Waals surface area contributed by atoms with E-state index in [0.29, 0.717) is 33.6 Å². The fourth-order valence-electron chi connectivity index (χ4n) is 4.02. The van der Waals surface area contributed by atoms with Crippen LogP contribution in [-0.2, 0) is 11.8 Å². The molecule has 7 nitrogen and oxygen atoms in total. The number of carbonyl (C=O) groups excluding carboxylic acids is 2. The molecule has 0 aliphatic carbocycles. The highest BCUT2D eigenvalue weighted by Crippen LogP contribution is 2.35. The number of anilines is 1. The van der Waals surface area contributed by atoms with Crippen LogP contribution in [0.1, 0.15) is 32.9 Å². The summed E-state index contributed by atoms with van der Waals surface area (Å²) in [5.74, 6) is 1.25. The summed E-state index contributed by atoms with van der Waals surface area (Å²) in [5, 5.41) is 0.476. The predicted octanol–water partition coefficient (Wildman–Crippen LogP) is 5.04. The highest BCUT2D eigenvalue weighted by molar-refractivity contribution is 8.14. The van der Waals surface area contributed by atoms with Gasteiger partial charge in [-0.2, -0.15) is 0 Å². The van der Waals surface area contributed by atoms with Gasteiger partial charge in [0.05, 0.1) is 11.4 Å². The van der Waals surface area contributed by atoms with Gasteiger partial charge in [0, 0.05) is 24.0 Å². The Labute approximate surface area is 208 Å². The van der Waals surface area contributed by atoms with E-state index in [1.807, 2.05) is 80.9 Å². The van der Waals surface area contributed by atoms with Crippen LogP contribution in [0.2, 0.25) is 0 Å². The molecule has 2 aliphatic heterocycles. The summed E-state index contributed by atoms with van der Waals surface area (Å²) in [5.41, 5.74) is 5.53. The highest BCUT2D eigenvalue weighted by Gasteiger charge is 2.32. The zero-order valence-corrected chi connectivity index (χ0v) is 20.8. The van der Waals surface area contributed by atoms with Gasteiger partial charge in [-0.15, -0.1) is 0 Å². The Kier molecular flexibility index (Phi) is 5.98. The molecule has 3 heterocycles. The Morgan fingerprint density at radius 3 is 2.51 bits per heavy atom. The number of ketones is 1. The maximum atomic E-state index is 13.4. The molecule has 5 rings (SSSR count). The van der Waals surface area contributed by atoms with Crippen molar-refractivity contribution >= 4 is 40.4 Å². The average molecular weight is 488 g/mol. The molecule has 3 aromatic rings. The minimum absolute atomic E-state index is 0.00315. The van der Waals surface area contributed by atoms with Crippen LogP contribution in [0.4, 0.5) is 5.69 Å². The van der Waals surface area contributed by atoms with E-state index >= 15 is 0 Å². The number of Topliss-reactive ketones (excluding diaryl/α,β-unsaturated/α-hetero) is 1. The lowest BCUT2D eigenvalue weighted by molar-refractivity contribution is -0.113. The Hall–Kier alpha value is -3.78. The summed E-state index contributed by atoms with van der Waals surface area (Å²) in [4.78, 5) is 32.7. The topological polar surface area (TPSA) is 73.1 Å². The first-order valence-electron chi connectivity index (χ1n) is 11.2. The van der Waals surface area contributed by atoms with Crippen LogP contribution in [0.25, 0.3) is 6.08 Å². The van der Waals surface area contributed by atoms with E-state index < -0.39 is 0 Å². The monoisotopic (exact) mass is 487 g/mol. The number of aromatic nitrogens is 1. The summed E-state index contributed by atoms with van der Waals surface area (Å²) in [6.07, 6.45) is 1.73. The molecule has 0 radical (unpaired) electrons. The number of aliphatic imine (C=N–C) groups is 1. The third kappa shape index (κ3) is 4.37. The van der Waals surface area contributed by atoms with E-state index in [1.54, 1.807) is 11.0 Å². The number of hydrogen-bond acceptors (Lipinski definition) is 6. The second-order valence-electron chi connectivity index (χ2n) is 8.57. The number of rotatable bonds is 5. The van der Waals surface area contributed by atoms with Crippen LogP contribution in [0.5, 0.6) is 11.5 Å². The highest BCUT2D eigenvalue weighted by atomic mass is 32.2. The normalized spacial score (nSPS) is 15.8. The van der Waals surface area contributed by atoms with Crippen molar-refractivity contribution in [2.24, 2.45) is 12.0 Å². The van der Waals surface area contributed by atoms with E-state index in [-0.39, 0.29) is 24.2 Å². The van der Waals surface area contributed by atoms with Gasteiger partial charge in [0.1, 0.15) is 5.70 Å². The van der Waals surface area contributed by atoms with Crippen LogP contribution < -0.4 is 14.4 Å². The standard InChI is InChI=1S/C27H25N3O4S/c1-16-5-8-20(9-6-16)30-26(32)22(12-19-7-10-24-25(13-19)34-15-33-24)28-27(30)35-14-23(31)21-11-17(2)29(4)18(21)3/h5-13H,14-15H2,1-4H3/b22-12-. The molecule has 2 aliphatic rings. The molecule has 35 heavy (non-hydrogen) atoms. The van der Waals surface area contributed by atoms with Crippen molar-refractivity contribution in [2.75, 3.05) is 17.4 Å². The molecule has 0 unspecified atom stereocenters. The van der Waals surface area contributed by atoms with Crippen molar-refractivity contribution in [3.05, 3.63) is 82.3 Å². The summed E-state index contributed by atoms with van der Waals surface area (Å²) >= 11 is 1.27. The first-order valence-corrected chi connectivity index (χ1v) is 12.2. The number of amidine groups is 1. The first kappa shape index (κ1) is 23.0. The van der Waals surface area contributed by atoms with Crippen molar-refractivity contribution in [1.29, 1.82) is 0 Å². The van der Waals surface area contributed by atoms with Gasteiger partial charge in [-0.3, -0.25) is 14.5 Å². The van der Waals surface area contributed by atoms with Crippen molar-refractivity contribution in [2.45, 2.75) is 20.8 Å². The number of nitrogens with zero attached hydrogens (tertiary/aromatic N) is 3. The Morgan fingerprint density at radius 2 is 1.80 bits per heavy atom. The predicted molar refractivity (Wildman–Crippen MR) is 138 cm³/mol. The van der Waals surface area contributed by atoms with Gasteiger partial charge >= 0.3 is 0 Å². The number of hydrogen-bond donors (Lipinski definition) is 0. The Bertz CT molecular complexity index is 1400. The van der Waals surface area contributed by atoms with Gasteiger partial charge in [-0.05, 0) is 62.7 Å². The number of amides is 1. The molecule has 1 aromatic heterocycles. The third-order valence-electron chi connectivity index (χ3n) is 6.23. The van der Waals surface area contributed by atoms with Crippen LogP contribution in [0, 0.1) is 20.8 Å². The molecule has 0 saturated heterocycles. The zero-order chi connectivity index (χ0) is 24.7. The molecule has 0 saturated carbocycles. The minimum atomic E-state index is -0.242. The SMILES string of the molecule is Cc1ccc(N2C(=O)/C(=C/c3ccc4c(c3)OCO4)N=C2SCC(=O)c2cc(C)n(C)c2C)cc1. The number of ether oxygens (including phenoxy) is 2. The smallest absolute Gasteiger partial charge is 0.283 e. The largest absolute Gasteiger partial charge is 0.454 e. The van der Waals surface area contributed by atoms with E-state index in [9.17, 15) is 9.59 Å². The summed E-state index contributed by atoms with van der Waals surface area (Å²) in [6, 6.07) is 15.1. The maximum absolute atomic E-state index is 13.4. The van der Waals surface area contributed by atoms with Gasteiger partial charge in [0.25, 0.3) is 5.91 Å². The van der Waals surface area contributed by atoms with Crippen LogP contribution in [0.15, 0.2) is 59.2 Å². The lowest BCUT2D eigenvalue weighted by Gasteiger charge is -2.18. The lowest BCUT2D eigenvalue weighted by Crippen LogP contribution is -2.30.